The smallest absolute Gasteiger partial charge is 0.230 e. The molecular formula is C19H20BrNO2. The predicted octanol–water partition coefficient (Wildman–Crippen LogP) is 3.94. The molecule has 0 atom stereocenters. The number of carbonyl (C=O) groups excluding carboxylic acids is 1. The zero-order valence-corrected chi connectivity index (χ0v) is 14.7. The molecule has 1 amide bonds. The third-order valence-corrected chi connectivity index (χ3v) is 4.90. The predicted molar refractivity (Wildman–Crippen MR) is 94.1 cm³/mol. The van der Waals surface area contributed by atoms with E-state index in [1.807, 2.05) is 48.5 Å². The van der Waals surface area contributed by atoms with Crippen molar-refractivity contribution in [3.8, 4) is 0 Å². The Morgan fingerprint density at radius 1 is 1.09 bits per heavy atom. The highest BCUT2D eigenvalue weighted by Crippen LogP contribution is 2.48. The molecule has 0 aliphatic heterocycles. The fraction of sp³-hybridized carbons (Fsp3) is 0.316. The minimum absolute atomic E-state index is 0.126. The lowest BCUT2D eigenvalue weighted by atomic mass is 9.95. The second-order valence-electron chi connectivity index (χ2n) is 6.02. The number of nitrogens with one attached hydrogen (secondary N) is 1. The summed E-state index contributed by atoms with van der Waals surface area (Å²) in [6.45, 7) is 1.17. The normalized spacial score (nSPS) is 15.2. The van der Waals surface area contributed by atoms with Crippen molar-refractivity contribution in [2.75, 3.05) is 7.11 Å². The molecular weight excluding hydrogens is 354 g/mol. The fourth-order valence-electron chi connectivity index (χ4n) is 2.81. The van der Waals surface area contributed by atoms with Crippen LogP contribution in [0.1, 0.15) is 29.5 Å². The van der Waals surface area contributed by atoms with E-state index in [4.69, 9.17) is 4.74 Å². The van der Waals surface area contributed by atoms with Gasteiger partial charge in [0, 0.05) is 18.1 Å². The van der Waals surface area contributed by atoms with Gasteiger partial charge in [-0.05, 0) is 41.7 Å². The Labute approximate surface area is 145 Å². The highest BCUT2D eigenvalue weighted by Gasteiger charge is 2.50. The molecule has 0 bridgehead atoms. The van der Waals surface area contributed by atoms with Crippen LogP contribution in [0.4, 0.5) is 0 Å². The first kappa shape index (κ1) is 16.2. The summed E-state index contributed by atoms with van der Waals surface area (Å²) in [4.78, 5) is 12.6. The van der Waals surface area contributed by atoms with E-state index in [2.05, 4.69) is 21.2 Å². The fourth-order valence-corrected chi connectivity index (χ4v) is 3.08. The van der Waals surface area contributed by atoms with Gasteiger partial charge in [-0.3, -0.25) is 4.79 Å². The van der Waals surface area contributed by atoms with Crippen LogP contribution < -0.4 is 5.32 Å². The summed E-state index contributed by atoms with van der Waals surface area (Å²) >= 11 is 3.44. The number of carbonyl (C=O) groups is 1. The maximum absolute atomic E-state index is 12.6. The van der Waals surface area contributed by atoms with Gasteiger partial charge in [0.15, 0.2) is 0 Å². The van der Waals surface area contributed by atoms with E-state index in [0.717, 1.165) is 34.0 Å². The first-order chi connectivity index (χ1) is 11.1. The summed E-state index contributed by atoms with van der Waals surface area (Å²) < 4.78 is 6.14. The number of methoxy groups -OCH3 is 1. The Bertz CT molecular complexity index is 676. The molecule has 0 aromatic heterocycles. The van der Waals surface area contributed by atoms with E-state index in [9.17, 15) is 4.79 Å². The number of ether oxygens (including phenoxy) is 1. The van der Waals surface area contributed by atoms with E-state index < -0.39 is 0 Å². The van der Waals surface area contributed by atoms with Gasteiger partial charge >= 0.3 is 0 Å². The average molecular weight is 374 g/mol. The summed E-state index contributed by atoms with van der Waals surface area (Å²) in [5, 5.41) is 3.08. The van der Waals surface area contributed by atoms with Crippen LogP contribution in [0.25, 0.3) is 0 Å². The van der Waals surface area contributed by atoms with Crippen LogP contribution in [0.15, 0.2) is 53.0 Å². The van der Waals surface area contributed by atoms with E-state index in [1.54, 1.807) is 7.11 Å². The van der Waals surface area contributed by atoms with E-state index in [1.165, 1.54) is 0 Å². The van der Waals surface area contributed by atoms with Crippen LogP contribution in [0.3, 0.4) is 0 Å². The molecule has 0 saturated heterocycles. The van der Waals surface area contributed by atoms with Gasteiger partial charge in [-0.1, -0.05) is 52.3 Å². The summed E-state index contributed by atoms with van der Waals surface area (Å²) in [7, 11) is 1.69. The number of rotatable bonds is 6. The van der Waals surface area contributed by atoms with Crippen LogP contribution in [-0.4, -0.2) is 13.0 Å². The van der Waals surface area contributed by atoms with Crippen molar-refractivity contribution in [3.63, 3.8) is 0 Å². The van der Waals surface area contributed by atoms with E-state index >= 15 is 0 Å². The quantitative estimate of drug-likeness (QED) is 0.832. The molecule has 0 heterocycles. The minimum atomic E-state index is -0.323. The van der Waals surface area contributed by atoms with Crippen LogP contribution >= 0.6 is 15.9 Å². The zero-order valence-electron chi connectivity index (χ0n) is 13.1. The number of hydrogen-bond donors (Lipinski definition) is 1. The lowest BCUT2D eigenvalue weighted by Crippen LogP contribution is -2.34. The lowest BCUT2D eigenvalue weighted by molar-refractivity contribution is -0.123. The molecule has 0 spiro atoms. The molecule has 2 aromatic carbocycles. The molecule has 0 radical (unpaired) electrons. The lowest BCUT2D eigenvalue weighted by Gasteiger charge is -2.16. The van der Waals surface area contributed by atoms with Gasteiger partial charge in [-0.15, -0.1) is 0 Å². The molecule has 120 valence electrons. The maximum atomic E-state index is 12.6. The Hall–Kier alpha value is -1.65. The molecule has 3 rings (SSSR count). The first-order valence-corrected chi connectivity index (χ1v) is 8.54. The molecule has 1 saturated carbocycles. The zero-order chi connectivity index (χ0) is 16.3. The summed E-state index contributed by atoms with van der Waals surface area (Å²) in [5.74, 6) is 0.126. The highest BCUT2D eigenvalue weighted by atomic mass is 79.9. The number of amides is 1. The van der Waals surface area contributed by atoms with Crippen molar-refractivity contribution in [3.05, 3.63) is 69.7 Å². The van der Waals surface area contributed by atoms with E-state index in [0.29, 0.717) is 13.2 Å². The Balaban J connectivity index is 1.62. The van der Waals surface area contributed by atoms with Crippen molar-refractivity contribution in [1.29, 1.82) is 0 Å². The number of hydrogen-bond acceptors (Lipinski definition) is 2. The number of halogens is 1. The monoisotopic (exact) mass is 373 g/mol. The summed E-state index contributed by atoms with van der Waals surface area (Å²) in [6.07, 6.45) is 1.85. The van der Waals surface area contributed by atoms with Crippen LogP contribution in [-0.2, 0) is 28.1 Å². The standard InChI is InChI=1S/C19H20BrNO2/c1-23-13-15-4-2-14(3-5-15)12-21-18(22)19(10-11-19)16-6-8-17(20)9-7-16/h2-9H,10-13H2,1H3,(H,21,22). The van der Waals surface area contributed by atoms with Crippen molar-refractivity contribution in [2.45, 2.75) is 31.4 Å². The average Bonchev–Trinajstić information content (AvgIpc) is 3.37. The minimum Gasteiger partial charge on any atom is -0.380 e. The van der Waals surface area contributed by atoms with Gasteiger partial charge in [0.1, 0.15) is 0 Å². The Morgan fingerprint density at radius 3 is 2.26 bits per heavy atom. The van der Waals surface area contributed by atoms with Gasteiger partial charge in [-0.2, -0.15) is 0 Å². The SMILES string of the molecule is COCc1ccc(CNC(=O)C2(c3ccc(Br)cc3)CC2)cc1. The second-order valence-corrected chi connectivity index (χ2v) is 6.94. The largest absolute Gasteiger partial charge is 0.380 e. The second kappa shape index (κ2) is 6.85. The van der Waals surface area contributed by atoms with E-state index in [-0.39, 0.29) is 11.3 Å². The van der Waals surface area contributed by atoms with Crippen molar-refractivity contribution in [2.24, 2.45) is 0 Å². The third kappa shape index (κ3) is 3.65. The third-order valence-electron chi connectivity index (χ3n) is 4.37. The molecule has 1 aliphatic carbocycles. The van der Waals surface area contributed by atoms with Gasteiger partial charge in [0.2, 0.25) is 5.91 Å². The maximum Gasteiger partial charge on any atom is 0.230 e. The Morgan fingerprint density at radius 2 is 1.70 bits per heavy atom. The van der Waals surface area contributed by atoms with Crippen molar-refractivity contribution >= 4 is 21.8 Å². The molecule has 23 heavy (non-hydrogen) atoms. The van der Waals surface area contributed by atoms with Crippen molar-refractivity contribution in [1.82, 2.24) is 5.32 Å². The van der Waals surface area contributed by atoms with Crippen molar-refractivity contribution < 1.29 is 9.53 Å². The molecule has 1 aliphatic rings. The Kier molecular flexibility index (Phi) is 4.83. The summed E-state index contributed by atoms with van der Waals surface area (Å²) in [5.41, 5.74) is 3.02. The van der Waals surface area contributed by atoms with Gasteiger partial charge in [0.25, 0.3) is 0 Å². The molecule has 3 nitrogen and oxygen atoms in total. The van der Waals surface area contributed by atoms with Crippen LogP contribution in [0, 0.1) is 0 Å². The molecule has 1 fully saturated rings. The molecule has 0 unspecified atom stereocenters. The summed E-state index contributed by atoms with van der Waals surface area (Å²) in [6, 6.07) is 16.2. The highest BCUT2D eigenvalue weighted by molar-refractivity contribution is 9.10. The van der Waals surface area contributed by atoms with Crippen LogP contribution in [0.2, 0.25) is 0 Å². The molecule has 4 heteroatoms. The molecule has 1 N–H and O–H groups in total. The van der Waals surface area contributed by atoms with Crippen LogP contribution in [0.5, 0.6) is 0 Å². The van der Waals surface area contributed by atoms with Gasteiger partial charge in [0.05, 0.1) is 12.0 Å². The van der Waals surface area contributed by atoms with Gasteiger partial charge in [-0.25, -0.2) is 0 Å². The number of benzene rings is 2. The first-order valence-electron chi connectivity index (χ1n) is 7.75. The van der Waals surface area contributed by atoms with Gasteiger partial charge < -0.3 is 10.1 Å². The topological polar surface area (TPSA) is 38.3 Å². The molecule has 2 aromatic rings.